The number of hydrogen-bond donors (Lipinski definition) is 1. The molecule has 2 heterocycles. The van der Waals surface area contributed by atoms with E-state index in [0.717, 1.165) is 31.6 Å². The zero-order valence-corrected chi connectivity index (χ0v) is 19.1. The van der Waals surface area contributed by atoms with Crippen LogP contribution in [0.5, 0.6) is 0 Å². The van der Waals surface area contributed by atoms with E-state index in [4.69, 9.17) is 0 Å². The SMILES string of the molecule is Cc1cccc(-n2nc(C(=O)NCCc3ccccn3)c(=O)n(Cc3ccccc3C)c2=O)c1. The van der Waals surface area contributed by atoms with Crippen molar-refractivity contribution < 1.29 is 4.79 Å². The standard InChI is InChI=1S/C26H25N5O3/c1-18-8-7-12-22(16-18)31-26(34)30(17-20-10-4-3-9-19(20)2)25(33)23(29-31)24(32)28-15-13-21-11-5-6-14-27-21/h3-12,14,16H,13,15,17H2,1-2H3,(H,28,32). The number of nitrogens with zero attached hydrogens (tertiary/aromatic N) is 4. The maximum atomic E-state index is 13.3. The Morgan fingerprint density at radius 1 is 0.971 bits per heavy atom. The summed E-state index contributed by atoms with van der Waals surface area (Å²) in [5, 5.41) is 6.91. The average molecular weight is 456 g/mol. The number of aryl methyl sites for hydroxylation is 2. The van der Waals surface area contributed by atoms with Crippen molar-refractivity contribution in [2.24, 2.45) is 0 Å². The molecule has 8 nitrogen and oxygen atoms in total. The number of hydrogen-bond acceptors (Lipinski definition) is 5. The molecule has 1 N–H and O–H groups in total. The van der Waals surface area contributed by atoms with Gasteiger partial charge < -0.3 is 5.32 Å². The normalized spacial score (nSPS) is 10.8. The Morgan fingerprint density at radius 3 is 2.50 bits per heavy atom. The third-order valence-corrected chi connectivity index (χ3v) is 5.50. The van der Waals surface area contributed by atoms with Crippen LogP contribution in [0.2, 0.25) is 0 Å². The molecule has 0 radical (unpaired) electrons. The fourth-order valence-corrected chi connectivity index (χ4v) is 3.62. The lowest BCUT2D eigenvalue weighted by molar-refractivity contribution is 0.0944. The fraction of sp³-hybridized carbons (Fsp3) is 0.192. The Labute approximate surface area is 196 Å². The van der Waals surface area contributed by atoms with Crippen LogP contribution in [0.4, 0.5) is 0 Å². The van der Waals surface area contributed by atoms with Crippen molar-refractivity contribution in [3.8, 4) is 5.69 Å². The van der Waals surface area contributed by atoms with Crippen LogP contribution < -0.4 is 16.6 Å². The number of benzene rings is 2. The maximum Gasteiger partial charge on any atom is 0.352 e. The van der Waals surface area contributed by atoms with Gasteiger partial charge in [0.25, 0.3) is 11.5 Å². The van der Waals surface area contributed by atoms with Crippen molar-refractivity contribution in [3.63, 3.8) is 0 Å². The van der Waals surface area contributed by atoms with Gasteiger partial charge in [-0.3, -0.25) is 19.1 Å². The van der Waals surface area contributed by atoms with Crippen LogP contribution in [0.15, 0.2) is 82.5 Å². The van der Waals surface area contributed by atoms with Crippen LogP contribution in [0.1, 0.15) is 32.9 Å². The third-order valence-electron chi connectivity index (χ3n) is 5.50. The molecule has 4 rings (SSSR count). The lowest BCUT2D eigenvalue weighted by Gasteiger charge is -2.13. The molecule has 0 bridgehead atoms. The van der Waals surface area contributed by atoms with E-state index in [-0.39, 0.29) is 18.8 Å². The highest BCUT2D eigenvalue weighted by atomic mass is 16.2. The van der Waals surface area contributed by atoms with E-state index in [2.05, 4.69) is 15.4 Å². The third kappa shape index (κ3) is 5.01. The summed E-state index contributed by atoms with van der Waals surface area (Å²) in [5.74, 6) is -0.638. The van der Waals surface area contributed by atoms with E-state index >= 15 is 0 Å². The molecule has 34 heavy (non-hydrogen) atoms. The largest absolute Gasteiger partial charge is 0.352 e. The van der Waals surface area contributed by atoms with Crippen molar-refractivity contribution in [3.05, 3.63) is 122 Å². The van der Waals surface area contributed by atoms with Gasteiger partial charge in [0.05, 0.1) is 12.2 Å². The van der Waals surface area contributed by atoms with Gasteiger partial charge in [-0.05, 0) is 54.8 Å². The van der Waals surface area contributed by atoms with Gasteiger partial charge >= 0.3 is 5.69 Å². The van der Waals surface area contributed by atoms with Gasteiger partial charge in [-0.25, -0.2) is 4.79 Å². The lowest BCUT2D eigenvalue weighted by atomic mass is 10.1. The second-order valence-corrected chi connectivity index (χ2v) is 8.03. The second-order valence-electron chi connectivity index (χ2n) is 8.03. The van der Waals surface area contributed by atoms with Crippen LogP contribution in [0, 0.1) is 13.8 Å². The Bertz CT molecular complexity index is 1440. The topological polar surface area (TPSA) is 98.9 Å². The van der Waals surface area contributed by atoms with Gasteiger partial charge in [-0.1, -0.05) is 42.5 Å². The highest BCUT2D eigenvalue weighted by molar-refractivity contribution is 5.91. The molecule has 0 spiro atoms. The van der Waals surface area contributed by atoms with Gasteiger partial charge in [-0.15, -0.1) is 0 Å². The molecule has 0 aliphatic heterocycles. The van der Waals surface area contributed by atoms with E-state index < -0.39 is 17.2 Å². The summed E-state index contributed by atoms with van der Waals surface area (Å²) in [6.07, 6.45) is 2.18. The van der Waals surface area contributed by atoms with E-state index in [9.17, 15) is 14.4 Å². The van der Waals surface area contributed by atoms with Crippen LogP contribution in [0.25, 0.3) is 5.69 Å². The van der Waals surface area contributed by atoms with Gasteiger partial charge in [0.2, 0.25) is 5.69 Å². The monoisotopic (exact) mass is 455 g/mol. The van der Waals surface area contributed by atoms with Crippen LogP contribution in [0.3, 0.4) is 0 Å². The molecule has 2 aromatic heterocycles. The van der Waals surface area contributed by atoms with E-state index in [1.165, 1.54) is 0 Å². The molecular weight excluding hydrogens is 430 g/mol. The molecule has 0 unspecified atom stereocenters. The highest BCUT2D eigenvalue weighted by Gasteiger charge is 2.20. The highest BCUT2D eigenvalue weighted by Crippen LogP contribution is 2.09. The number of carbonyl (C=O) groups excluding carboxylic acids is 1. The minimum absolute atomic E-state index is 0.0346. The molecule has 0 fully saturated rings. The first-order valence-electron chi connectivity index (χ1n) is 11.0. The average Bonchev–Trinajstić information content (AvgIpc) is 2.83. The van der Waals surface area contributed by atoms with Crippen LogP contribution in [-0.4, -0.2) is 31.8 Å². The number of amides is 1. The molecular formula is C26H25N5O3. The zero-order chi connectivity index (χ0) is 24.1. The number of nitrogens with one attached hydrogen (secondary N) is 1. The Hall–Kier alpha value is -4.33. The Balaban J connectivity index is 1.73. The lowest BCUT2D eigenvalue weighted by Crippen LogP contribution is -2.46. The molecule has 4 aromatic rings. The summed E-state index contributed by atoms with van der Waals surface area (Å²) in [6.45, 7) is 4.11. The van der Waals surface area contributed by atoms with Crippen molar-refractivity contribution in [1.29, 1.82) is 0 Å². The summed E-state index contributed by atoms with van der Waals surface area (Å²) < 4.78 is 2.17. The summed E-state index contributed by atoms with van der Waals surface area (Å²) >= 11 is 0. The Morgan fingerprint density at radius 2 is 1.76 bits per heavy atom. The molecule has 0 aliphatic carbocycles. The van der Waals surface area contributed by atoms with Crippen molar-refractivity contribution in [2.75, 3.05) is 6.54 Å². The predicted molar refractivity (Wildman–Crippen MR) is 129 cm³/mol. The molecule has 0 aliphatic rings. The smallest absolute Gasteiger partial charge is 0.350 e. The van der Waals surface area contributed by atoms with Gasteiger partial charge in [0.1, 0.15) is 0 Å². The summed E-state index contributed by atoms with van der Waals surface area (Å²) in [4.78, 5) is 43.8. The molecule has 8 heteroatoms. The predicted octanol–water partition coefficient (Wildman–Crippen LogP) is 2.43. The molecule has 2 aromatic carbocycles. The maximum absolute atomic E-state index is 13.3. The molecule has 172 valence electrons. The molecule has 1 amide bonds. The first kappa shape index (κ1) is 22.8. The van der Waals surface area contributed by atoms with Crippen molar-refractivity contribution >= 4 is 5.91 Å². The molecule has 0 saturated carbocycles. The summed E-state index contributed by atoms with van der Waals surface area (Å²) in [6, 6.07) is 20.2. The Kier molecular flexibility index (Phi) is 6.77. The first-order chi connectivity index (χ1) is 16.4. The van der Waals surface area contributed by atoms with E-state index in [0.29, 0.717) is 12.1 Å². The first-order valence-corrected chi connectivity index (χ1v) is 11.0. The second kappa shape index (κ2) is 10.1. The minimum Gasteiger partial charge on any atom is -0.350 e. The van der Waals surface area contributed by atoms with Crippen molar-refractivity contribution in [1.82, 2.24) is 24.6 Å². The van der Waals surface area contributed by atoms with E-state index in [1.54, 1.807) is 24.4 Å². The van der Waals surface area contributed by atoms with Gasteiger partial charge in [0, 0.05) is 24.9 Å². The number of carbonyl (C=O) groups is 1. The fourth-order valence-electron chi connectivity index (χ4n) is 3.62. The molecule has 0 saturated heterocycles. The van der Waals surface area contributed by atoms with Crippen LogP contribution >= 0.6 is 0 Å². The number of aromatic nitrogens is 4. The summed E-state index contributed by atoms with van der Waals surface area (Å²) in [7, 11) is 0. The summed E-state index contributed by atoms with van der Waals surface area (Å²) in [5.41, 5.74) is 2.29. The quantitative estimate of drug-likeness (QED) is 0.462. The van der Waals surface area contributed by atoms with Gasteiger partial charge in [-0.2, -0.15) is 9.78 Å². The van der Waals surface area contributed by atoms with Crippen molar-refractivity contribution in [2.45, 2.75) is 26.8 Å². The van der Waals surface area contributed by atoms with E-state index in [1.807, 2.05) is 62.4 Å². The number of pyridine rings is 1. The minimum atomic E-state index is -0.729. The molecule has 0 atom stereocenters. The van der Waals surface area contributed by atoms with Crippen LogP contribution in [-0.2, 0) is 13.0 Å². The van der Waals surface area contributed by atoms with Gasteiger partial charge in [0.15, 0.2) is 0 Å². The zero-order valence-electron chi connectivity index (χ0n) is 19.1. The number of rotatable bonds is 7.